The molecule has 2 heteroatoms. The predicted octanol–water partition coefficient (Wildman–Crippen LogP) is 3.17. The van der Waals surface area contributed by atoms with E-state index in [1.54, 1.807) is 0 Å². The first-order chi connectivity index (χ1) is 8.11. The Labute approximate surface area is 102 Å². The lowest BCUT2D eigenvalue weighted by molar-refractivity contribution is 0.481. The van der Waals surface area contributed by atoms with Gasteiger partial charge in [0.25, 0.3) is 0 Å². The zero-order valence-electron chi connectivity index (χ0n) is 10.4. The Hall–Kier alpha value is -1.54. The maximum absolute atomic E-state index is 10.0. The fourth-order valence-electron chi connectivity index (χ4n) is 2.09. The number of benzene rings is 2. The summed E-state index contributed by atoms with van der Waals surface area (Å²) in [5.41, 5.74) is 7.88. The summed E-state index contributed by atoms with van der Waals surface area (Å²) >= 11 is 0. The lowest BCUT2D eigenvalue weighted by atomic mass is 9.97. The van der Waals surface area contributed by atoms with Crippen LogP contribution >= 0.6 is 0 Å². The highest BCUT2D eigenvalue weighted by molar-refractivity contribution is 5.89. The quantitative estimate of drug-likeness (QED) is 0.849. The molecular formula is C15H19NO. The van der Waals surface area contributed by atoms with Crippen molar-refractivity contribution in [1.29, 1.82) is 0 Å². The van der Waals surface area contributed by atoms with E-state index in [0.29, 0.717) is 18.2 Å². The van der Waals surface area contributed by atoms with Crippen LogP contribution in [0.4, 0.5) is 0 Å². The maximum atomic E-state index is 10.0. The van der Waals surface area contributed by atoms with Crippen molar-refractivity contribution in [3.63, 3.8) is 0 Å². The molecule has 0 spiro atoms. The molecule has 2 nitrogen and oxygen atoms in total. The number of hydrogen-bond donors (Lipinski definition) is 2. The molecule has 0 atom stereocenters. The predicted molar refractivity (Wildman–Crippen MR) is 72.5 cm³/mol. The molecule has 2 aromatic rings. The van der Waals surface area contributed by atoms with Crippen molar-refractivity contribution in [3.8, 4) is 5.75 Å². The molecule has 0 amide bonds. The lowest BCUT2D eigenvalue weighted by Gasteiger charge is -2.10. The normalized spacial score (nSPS) is 11.3. The van der Waals surface area contributed by atoms with Crippen LogP contribution < -0.4 is 5.73 Å². The monoisotopic (exact) mass is 229 g/mol. The van der Waals surface area contributed by atoms with Crippen LogP contribution in [-0.4, -0.2) is 11.7 Å². The van der Waals surface area contributed by atoms with Gasteiger partial charge in [-0.1, -0.05) is 32.0 Å². The summed E-state index contributed by atoms with van der Waals surface area (Å²) in [5.74, 6) is 0.830. The van der Waals surface area contributed by atoms with Crippen LogP contribution in [0, 0.1) is 0 Å². The first kappa shape index (κ1) is 11.9. The molecular weight excluding hydrogens is 210 g/mol. The van der Waals surface area contributed by atoms with Gasteiger partial charge in [-0.3, -0.25) is 0 Å². The summed E-state index contributed by atoms with van der Waals surface area (Å²) in [7, 11) is 0. The second-order valence-corrected chi connectivity index (χ2v) is 4.79. The number of hydrogen-bond acceptors (Lipinski definition) is 2. The van der Waals surface area contributed by atoms with E-state index in [1.807, 2.05) is 6.07 Å². The first-order valence-corrected chi connectivity index (χ1v) is 6.07. The third-order valence-electron chi connectivity index (χ3n) is 3.12. The van der Waals surface area contributed by atoms with Crippen LogP contribution in [0.15, 0.2) is 30.3 Å². The van der Waals surface area contributed by atoms with Gasteiger partial charge in [0, 0.05) is 5.39 Å². The van der Waals surface area contributed by atoms with Crippen LogP contribution in [0.1, 0.15) is 30.9 Å². The van der Waals surface area contributed by atoms with Gasteiger partial charge in [0.15, 0.2) is 0 Å². The summed E-state index contributed by atoms with van der Waals surface area (Å²) < 4.78 is 0. The van der Waals surface area contributed by atoms with Crippen LogP contribution in [0.5, 0.6) is 5.75 Å². The maximum Gasteiger partial charge on any atom is 0.123 e. The molecule has 3 N–H and O–H groups in total. The highest BCUT2D eigenvalue weighted by Crippen LogP contribution is 2.29. The molecule has 0 bridgehead atoms. The second-order valence-electron chi connectivity index (χ2n) is 4.79. The number of phenols is 1. The van der Waals surface area contributed by atoms with E-state index in [-0.39, 0.29) is 0 Å². The van der Waals surface area contributed by atoms with E-state index >= 15 is 0 Å². The molecule has 0 radical (unpaired) electrons. The fourth-order valence-corrected chi connectivity index (χ4v) is 2.09. The van der Waals surface area contributed by atoms with E-state index in [0.717, 1.165) is 22.8 Å². The molecule has 2 aromatic carbocycles. The summed E-state index contributed by atoms with van der Waals surface area (Å²) in [5, 5.41) is 12.1. The van der Waals surface area contributed by atoms with E-state index in [1.165, 1.54) is 5.56 Å². The Morgan fingerprint density at radius 2 is 1.94 bits per heavy atom. The minimum absolute atomic E-state index is 0.355. The third kappa shape index (κ3) is 2.42. The smallest absolute Gasteiger partial charge is 0.123 e. The fraction of sp³-hybridized carbons (Fsp3) is 0.333. The van der Waals surface area contributed by atoms with Crippen LogP contribution in [0.2, 0.25) is 0 Å². The standard InChI is InChI=1S/C15H19NO/c1-10(2)12-3-4-13-7-11(5-6-16)8-15(17)14(13)9-12/h3-4,7-10,17H,5-6,16H2,1-2H3. The van der Waals surface area contributed by atoms with Gasteiger partial charge in [-0.2, -0.15) is 0 Å². The van der Waals surface area contributed by atoms with Crippen LogP contribution in [0.3, 0.4) is 0 Å². The van der Waals surface area contributed by atoms with Gasteiger partial charge in [-0.15, -0.1) is 0 Å². The molecule has 0 unspecified atom stereocenters. The molecule has 2 rings (SSSR count). The zero-order chi connectivity index (χ0) is 12.4. The Morgan fingerprint density at radius 1 is 1.18 bits per heavy atom. The summed E-state index contributed by atoms with van der Waals surface area (Å²) in [6.45, 7) is 4.91. The highest BCUT2D eigenvalue weighted by Gasteiger charge is 2.06. The number of aromatic hydroxyl groups is 1. The Kier molecular flexibility index (Phi) is 3.34. The van der Waals surface area contributed by atoms with Gasteiger partial charge in [0.2, 0.25) is 0 Å². The number of rotatable bonds is 3. The van der Waals surface area contributed by atoms with E-state index < -0.39 is 0 Å². The summed E-state index contributed by atoms with van der Waals surface area (Å²) in [6.07, 6.45) is 0.801. The number of fused-ring (bicyclic) bond motifs is 1. The van der Waals surface area contributed by atoms with Crippen molar-refractivity contribution in [2.24, 2.45) is 5.73 Å². The van der Waals surface area contributed by atoms with E-state index in [9.17, 15) is 5.11 Å². The van der Waals surface area contributed by atoms with Crippen molar-refractivity contribution in [1.82, 2.24) is 0 Å². The number of nitrogens with two attached hydrogens (primary N) is 1. The Balaban J connectivity index is 2.56. The minimum atomic E-state index is 0.355. The average molecular weight is 229 g/mol. The Bertz CT molecular complexity index is 532. The minimum Gasteiger partial charge on any atom is -0.507 e. The largest absolute Gasteiger partial charge is 0.507 e. The van der Waals surface area contributed by atoms with Crippen molar-refractivity contribution in [2.45, 2.75) is 26.2 Å². The topological polar surface area (TPSA) is 46.2 Å². The molecule has 0 aliphatic rings. The molecule has 0 aromatic heterocycles. The van der Waals surface area contributed by atoms with E-state index in [4.69, 9.17) is 5.73 Å². The first-order valence-electron chi connectivity index (χ1n) is 6.07. The average Bonchev–Trinajstić information content (AvgIpc) is 2.29. The van der Waals surface area contributed by atoms with Gasteiger partial charge >= 0.3 is 0 Å². The molecule has 0 aliphatic carbocycles. The van der Waals surface area contributed by atoms with Gasteiger partial charge in [0.1, 0.15) is 5.75 Å². The third-order valence-corrected chi connectivity index (χ3v) is 3.12. The molecule has 0 heterocycles. The molecule has 90 valence electrons. The lowest BCUT2D eigenvalue weighted by Crippen LogP contribution is -2.02. The summed E-state index contributed by atoms with van der Waals surface area (Å²) in [6, 6.07) is 10.2. The van der Waals surface area contributed by atoms with Crippen molar-refractivity contribution < 1.29 is 5.11 Å². The molecule has 0 fully saturated rings. The van der Waals surface area contributed by atoms with Gasteiger partial charge < -0.3 is 10.8 Å². The molecule has 0 saturated heterocycles. The molecule has 17 heavy (non-hydrogen) atoms. The summed E-state index contributed by atoms with van der Waals surface area (Å²) in [4.78, 5) is 0. The van der Waals surface area contributed by atoms with E-state index in [2.05, 4.69) is 38.1 Å². The Morgan fingerprint density at radius 3 is 2.59 bits per heavy atom. The second kappa shape index (κ2) is 4.76. The van der Waals surface area contributed by atoms with Crippen molar-refractivity contribution in [3.05, 3.63) is 41.5 Å². The van der Waals surface area contributed by atoms with Gasteiger partial charge in [0.05, 0.1) is 0 Å². The van der Waals surface area contributed by atoms with Gasteiger partial charge in [-0.05, 0) is 47.5 Å². The molecule has 0 saturated carbocycles. The number of phenolic OH excluding ortho intramolecular Hbond substituents is 1. The van der Waals surface area contributed by atoms with Crippen LogP contribution in [0.25, 0.3) is 10.8 Å². The van der Waals surface area contributed by atoms with Crippen LogP contribution in [-0.2, 0) is 6.42 Å². The van der Waals surface area contributed by atoms with Crippen molar-refractivity contribution in [2.75, 3.05) is 6.54 Å². The van der Waals surface area contributed by atoms with Gasteiger partial charge in [-0.25, -0.2) is 0 Å². The van der Waals surface area contributed by atoms with Crippen molar-refractivity contribution >= 4 is 10.8 Å². The zero-order valence-corrected chi connectivity index (χ0v) is 10.4. The molecule has 0 aliphatic heterocycles. The highest BCUT2D eigenvalue weighted by atomic mass is 16.3. The SMILES string of the molecule is CC(C)c1ccc2cc(CCN)cc(O)c2c1.